The number of hydrogen-bond acceptors (Lipinski definition) is 4. The van der Waals surface area contributed by atoms with Crippen LogP contribution in [0.1, 0.15) is 10.8 Å². The Morgan fingerprint density at radius 3 is 2.77 bits per heavy atom. The van der Waals surface area contributed by atoms with Crippen molar-refractivity contribution in [3.05, 3.63) is 75.4 Å². The molecular formula is C20H10Cl2N2OS. The molecule has 0 amide bonds. The summed E-state index contributed by atoms with van der Waals surface area (Å²) in [6, 6.07) is 18.8. The van der Waals surface area contributed by atoms with Crippen LogP contribution in [0.25, 0.3) is 33.2 Å². The lowest BCUT2D eigenvalue weighted by molar-refractivity contribution is 0.572. The molecule has 0 unspecified atom stereocenters. The van der Waals surface area contributed by atoms with Crippen molar-refractivity contribution in [2.45, 2.75) is 0 Å². The van der Waals surface area contributed by atoms with Gasteiger partial charge in [0.1, 0.15) is 22.6 Å². The second-order valence-electron chi connectivity index (χ2n) is 5.48. The fourth-order valence-electron chi connectivity index (χ4n) is 2.53. The van der Waals surface area contributed by atoms with Crippen molar-refractivity contribution in [3.63, 3.8) is 0 Å². The van der Waals surface area contributed by atoms with Gasteiger partial charge < -0.3 is 4.42 Å². The van der Waals surface area contributed by atoms with Gasteiger partial charge in [-0.2, -0.15) is 5.26 Å². The first-order valence-electron chi connectivity index (χ1n) is 7.67. The number of thiazole rings is 1. The normalized spacial score (nSPS) is 11.7. The molecule has 0 N–H and O–H groups in total. The third-order valence-corrected chi connectivity index (χ3v) is 5.39. The highest BCUT2D eigenvalue weighted by molar-refractivity contribution is 7.19. The smallest absolute Gasteiger partial charge is 0.136 e. The van der Waals surface area contributed by atoms with E-state index in [0.717, 1.165) is 10.2 Å². The lowest BCUT2D eigenvalue weighted by Gasteiger charge is -2.01. The van der Waals surface area contributed by atoms with E-state index in [-0.39, 0.29) is 0 Å². The lowest BCUT2D eigenvalue weighted by atomic mass is 10.2. The van der Waals surface area contributed by atoms with E-state index < -0.39 is 0 Å². The molecule has 0 aliphatic heterocycles. The largest absolute Gasteiger partial charge is 0.457 e. The number of hydrogen-bond donors (Lipinski definition) is 0. The van der Waals surface area contributed by atoms with Gasteiger partial charge in [0.25, 0.3) is 0 Å². The van der Waals surface area contributed by atoms with Crippen molar-refractivity contribution in [1.29, 1.82) is 5.26 Å². The molecule has 2 aromatic carbocycles. The predicted octanol–water partition coefficient (Wildman–Crippen LogP) is 6.93. The molecule has 2 heterocycles. The topological polar surface area (TPSA) is 49.8 Å². The Morgan fingerprint density at radius 1 is 1.12 bits per heavy atom. The molecule has 0 fully saturated rings. The van der Waals surface area contributed by atoms with Gasteiger partial charge in [-0.1, -0.05) is 35.3 Å². The Labute approximate surface area is 163 Å². The zero-order valence-corrected chi connectivity index (χ0v) is 15.6. The van der Waals surface area contributed by atoms with Crippen LogP contribution in [0.15, 0.2) is 59.0 Å². The average molecular weight is 397 g/mol. The maximum Gasteiger partial charge on any atom is 0.136 e. The molecule has 4 rings (SSSR count). The van der Waals surface area contributed by atoms with Crippen LogP contribution in [0.3, 0.4) is 0 Å². The van der Waals surface area contributed by atoms with E-state index in [1.54, 1.807) is 36.4 Å². The second kappa shape index (κ2) is 6.97. The summed E-state index contributed by atoms with van der Waals surface area (Å²) in [6.45, 7) is 0. The molecule has 2 aromatic heterocycles. The summed E-state index contributed by atoms with van der Waals surface area (Å²) in [5.41, 5.74) is 2.03. The van der Waals surface area contributed by atoms with Gasteiger partial charge in [-0.15, -0.1) is 11.3 Å². The second-order valence-corrected chi connectivity index (χ2v) is 7.36. The van der Waals surface area contributed by atoms with Crippen LogP contribution in [0.5, 0.6) is 0 Å². The molecule has 26 heavy (non-hydrogen) atoms. The van der Waals surface area contributed by atoms with Gasteiger partial charge in [0.15, 0.2) is 0 Å². The van der Waals surface area contributed by atoms with E-state index in [2.05, 4.69) is 11.1 Å². The third kappa shape index (κ3) is 3.25. The van der Waals surface area contributed by atoms with Crippen LogP contribution in [0.4, 0.5) is 0 Å². The molecule has 4 aromatic rings. The van der Waals surface area contributed by atoms with Gasteiger partial charge in [0.2, 0.25) is 0 Å². The first kappa shape index (κ1) is 16.9. The number of allylic oxidation sites excluding steroid dienone is 1. The fraction of sp³-hybridized carbons (Fsp3) is 0. The SMILES string of the molecule is N#C/C(=C\c1ccc(-c2cc(Cl)ccc2Cl)o1)c1nc2ccccc2s1. The summed E-state index contributed by atoms with van der Waals surface area (Å²) >= 11 is 13.7. The highest BCUT2D eigenvalue weighted by Crippen LogP contribution is 2.33. The minimum Gasteiger partial charge on any atom is -0.457 e. The summed E-state index contributed by atoms with van der Waals surface area (Å²) in [6.07, 6.45) is 1.68. The number of nitrogens with zero attached hydrogens (tertiary/aromatic N) is 2. The minimum atomic E-state index is 0.448. The number of aromatic nitrogens is 1. The van der Waals surface area contributed by atoms with E-state index in [9.17, 15) is 5.26 Å². The number of fused-ring (bicyclic) bond motifs is 1. The van der Waals surface area contributed by atoms with Crippen LogP contribution in [0, 0.1) is 11.3 Å². The molecule has 0 aliphatic rings. The van der Waals surface area contributed by atoms with Crippen LogP contribution >= 0.6 is 34.5 Å². The Kier molecular flexibility index (Phi) is 4.52. The van der Waals surface area contributed by atoms with Gasteiger partial charge in [0.05, 0.1) is 20.8 Å². The monoisotopic (exact) mass is 396 g/mol. The zero-order valence-electron chi connectivity index (χ0n) is 13.2. The van der Waals surface area contributed by atoms with E-state index in [1.807, 2.05) is 24.3 Å². The van der Waals surface area contributed by atoms with Crippen LogP contribution in [0.2, 0.25) is 10.0 Å². The predicted molar refractivity (Wildman–Crippen MR) is 107 cm³/mol. The molecular weight excluding hydrogens is 387 g/mol. The van der Waals surface area contributed by atoms with Crippen molar-refractivity contribution < 1.29 is 4.42 Å². The Morgan fingerprint density at radius 2 is 1.96 bits per heavy atom. The van der Waals surface area contributed by atoms with Crippen LogP contribution in [-0.2, 0) is 0 Å². The van der Waals surface area contributed by atoms with E-state index in [4.69, 9.17) is 27.6 Å². The van der Waals surface area contributed by atoms with Crippen molar-refractivity contribution in [1.82, 2.24) is 4.98 Å². The minimum absolute atomic E-state index is 0.448. The first-order valence-corrected chi connectivity index (χ1v) is 9.24. The van der Waals surface area contributed by atoms with Crippen LogP contribution < -0.4 is 0 Å². The quantitative estimate of drug-likeness (QED) is 0.352. The van der Waals surface area contributed by atoms with E-state index in [1.165, 1.54) is 11.3 Å². The number of rotatable bonds is 3. The molecule has 0 saturated carbocycles. The lowest BCUT2D eigenvalue weighted by Crippen LogP contribution is -1.79. The standard InChI is InChI=1S/C20H10Cl2N2OS/c21-13-5-7-16(22)15(10-13)18-8-6-14(25-18)9-12(11-23)20-24-17-3-1-2-4-19(17)26-20/h1-10H/b12-9+. The molecule has 0 atom stereocenters. The van der Waals surface area contributed by atoms with Crippen molar-refractivity contribution in [3.8, 4) is 17.4 Å². The number of para-hydroxylation sites is 1. The maximum atomic E-state index is 9.54. The average Bonchev–Trinajstić information content (AvgIpc) is 3.28. The van der Waals surface area contributed by atoms with Crippen molar-refractivity contribution in [2.75, 3.05) is 0 Å². The highest BCUT2D eigenvalue weighted by Gasteiger charge is 2.12. The zero-order chi connectivity index (χ0) is 18.1. The molecule has 0 saturated heterocycles. The van der Waals surface area contributed by atoms with Gasteiger partial charge in [-0.3, -0.25) is 0 Å². The first-order chi connectivity index (χ1) is 12.6. The number of nitriles is 1. The maximum absolute atomic E-state index is 9.54. The third-order valence-electron chi connectivity index (χ3n) is 3.75. The fourth-order valence-corrected chi connectivity index (χ4v) is 3.85. The van der Waals surface area contributed by atoms with Gasteiger partial charge in [0, 0.05) is 16.7 Å². The molecule has 126 valence electrons. The van der Waals surface area contributed by atoms with Crippen molar-refractivity contribution in [2.24, 2.45) is 0 Å². The molecule has 0 radical (unpaired) electrons. The van der Waals surface area contributed by atoms with Crippen LogP contribution in [-0.4, -0.2) is 4.98 Å². The summed E-state index contributed by atoms with van der Waals surface area (Å²) < 4.78 is 6.88. The van der Waals surface area contributed by atoms with Gasteiger partial charge in [-0.25, -0.2) is 4.98 Å². The Hall–Kier alpha value is -2.58. The Balaban J connectivity index is 1.72. The van der Waals surface area contributed by atoms with Gasteiger partial charge >= 0.3 is 0 Å². The molecule has 0 aliphatic carbocycles. The summed E-state index contributed by atoms with van der Waals surface area (Å²) in [4.78, 5) is 4.52. The molecule has 0 bridgehead atoms. The van der Waals surface area contributed by atoms with Gasteiger partial charge in [-0.05, 0) is 42.5 Å². The van der Waals surface area contributed by atoms with E-state index in [0.29, 0.717) is 37.7 Å². The summed E-state index contributed by atoms with van der Waals surface area (Å²) in [7, 11) is 0. The number of benzene rings is 2. The Bertz CT molecular complexity index is 1150. The molecule has 3 nitrogen and oxygen atoms in total. The number of halogens is 2. The van der Waals surface area contributed by atoms with Crippen molar-refractivity contribution >= 4 is 56.4 Å². The summed E-state index contributed by atoms with van der Waals surface area (Å²) in [5, 5.41) is 11.3. The van der Waals surface area contributed by atoms with E-state index >= 15 is 0 Å². The summed E-state index contributed by atoms with van der Waals surface area (Å²) in [5.74, 6) is 1.14. The molecule has 6 heteroatoms. The number of furan rings is 1. The highest BCUT2D eigenvalue weighted by atomic mass is 35.5. The molecule has 0 spiro atoms.